The lowest BCUT2D eigenvalue weighted by atomic mass is 10.1. The SMILES string of the molecule is CCOc1ccc(N=C(NC(=O)c2ccc(OC)cc2)N2CCN(c3cc(C)ccc3C)CC2)cc1. The van der Waals surface area contributed by atoms with Crippen molar-refractivity contribution in [1.29, 1.82) is 0 Å². The molecule has 188 valence electrons. The highest BCUT2D eigenvalue weighted by atomic mass is 16.5. The van der Waals surface area contributed by atoms with Crippen molar-refractivity contribution in [3.63, 3.8) is 0 Å². The van der Waals surface area contributed by atoms with Crippen LogP contribution in [-0.4, -0.2) is 56.7 Å². The van der Waals surface area contributed by atoms with Gasteiger partial charge in [-0.1, -0.05) is 12.1 Å². The van der Waals surface area contributed by atoms with Crippen molar-refractivity contribution in [2.24, 2.45) is 4.99 Å². The van der Waals surface area contributed by atoms with Gasteiger partial charge in [-0.25, -0.2) is 4.99 Å². The summed E-state index contributed by atoms with van der Waals surface area (Å²) in [5, 5.41) is 3.05. The molecule has 0 radical (unpaired) electrons. The van der Waals surface area contributed by atoms with E-state index in [0.717, 1.165) is 37.6 Å². The third kappa shape index (κ3) is 6.16. The van der Waals surface area contributed by atoms with Crippen LogP contribution in [0.5, 0.6) is 11.5 Å². The summed E-state index contributed by atoms with van der Waals surface area (Å²) in [4.78, 5) is 22.5. The summed E-state index contributed by atoms with van der Waals surface area (Å²) >= 11 is 0. The number of carbonyl (C=O) groups is 1. The lowest BCUT2D eigenvalue weighted by Crippen LogP contribution is -2.53. The molecule has 36 heavy (non-hydrogen) atoms. The molecule has 0 unspecified atom stereocenters. The molecule has 4 rings (SSSR count). The van der Waals surface area contributed by atoms with Crippen molar-refractivity contribution < 1.29 is 14.3 Å². The number of hydrogen-bond donors (Lipinski definition) is 1. The lowest BCUT2D eigenvalue weighted by Gasteiger charge is -2.38. The number of guanidine groups is 1. The molecule has 7 heteroatoms. The smallest absolute Gasteiger partial charge is 0.257 e. The van der Waals surface area contributed by atoms with E-state index in [9.17, 15) is 4.79 Å². The second kappa shape index (κ2) is 11.6. The number of nitrogens with one attached hydrogen (secondary N) is 1. The third-order valence-electron chi connectivity index (χ3n) is 6.24. The van der Waals surface area contributed by atoms with E-state index in [2.05, 4.69) is 47.2 Å². The molecule has 0 saturated carbocycles. The van der Waals surface area contributed by atoms with Crippen molar-refractivity contribution in [3.8, 4) is 11.5 Å². The molecule has 3 aromatic rings. The topological polar surface area (TPSA) is 66.4 Å². The number of hydrogen-bond acceptors (Lipinski definition) is 5. The summed E-state index contributed by atoms with van der Waals surface area (Å²) in [6, 6.07) is 21.2. The number of piperazine rings is 1. The fraction of sp³-hybridized carbons (Fsp3) is 0.310. The van der Waals surface area contributed by atoms with Gasteiger partial charge in [0.05, 0.1) is 19.4 Å². The highest BCUT2D eigenvalue weighted by molar-refractivity contribution is 6.06. The largest absolute Gasteiger partial charge is 0.497 e. The predicted octanol–water partition coefficient (Wildman–Crippen LogP) is 4.95. The molecule has 0 bridgehead atoms. The Morgan fingerprint density at radius 3 is 2.22 bits per heavy atom. The Labute approximate surface area is 213 Å². The molecular weight excluding hydrogens is 452 g/mol. The Bertz CT molecular complexity index is 1200. The number of rotatable bonds is 6. The summed E-state index contributed by atoms with van der Waals surface area (Å²) < 4.78 is 10.8. The van der Waals surface area contributed by atoms with Crippen LogP contribution < -0.4 is 19.7 Å². The van der Waals surface area contributed by atoms with Crippen LogP contribution >= 0.6 is 0 Å². The lowest BCUT2D eigenvalue weighted by molar-refractivity contribution is 0.0971. The number of carbonyl (C=O) groups excluding carboxylic acids is 1. The maximum absolute atomic E-state index is 13.1. The normalized spacial score (nSPS) is 13.9. The number of benzene rings is 3. The van der Waals surface area contributed by atoms with Crippen molar-refractivity contribution in [2.45, 2.75) is 20.8 Å². The average Bonchev–Trinajstić information content (AvgIpc) is 2.91. The molecule has 1 fully saturated rings. The van der Waals surface area contributed by atoms with Gasteiger partial charge in [0, 0.05) is 37.4 Å². The number of aryl methyl sites for hydroxylation is 2. The molecule has 1 heterocycles. The Kier molecular flexibility index (Phi) is 8.10. The van der Waals surface area contributed by atoms with Crippen molar-refractivity contribution in [3.05, 3.63) is 83.4 Å². The van der Waals surface area contributed by atoms with Gasteiger partial charge in [-0.05, 0) is 86.5 Å². The van der Waals surface area contributed by atoms with E-state index < -0.39 is 0 Å². The van der Waals surface area contributed by atoms with Crippen LogP contribution in [0.15, 0.2) is 71.7 Å². The first-order valence-electron chi connectivity index (χ1n) is 12.3. The Balaban J connectivity index is 1.54. The number of amides is 1. The van der Waals surface area contributed by atoms with Crippen LogP contribution in [0.1, 0.15) is 28.4 Å². The summed E-state index contributed by atoms with van der Waals surface area (Å²) in [6.45, 7) is 9.99. The number of aliphatic imine (C=N–C) groups is 1. The molecule has 7 nitrogen and oxygen atoms in total. The van der Waals surface area contributed by atoms with Crippen LogP contribution in [0.2, 0.25) is 0 Å². The van der Waals surface area contributed by atoms with Gasteiger partial charge < -0.3 is 19.3 Å². The Morgan fingerprint density at radius 1 is 0.917 bits per heavy atom. The van der Waals surface area contributed by atoms with Gasteiger partial charge in [0.1, 0.15) is 11.5 Å². The molecule has 0 spiro atoms. The van der Waals surface area contributed by atoms with Crippen LogP contribution in [0.4, 0.5) is 11.4 Å². The van der Waals surface area contributed by atoms with Gasteiger partial charge in [0.25, 0.3) is 5.91 Å². The van der Waals surface area contributed by atoms with E-state index >= 15 is 0 Å². The maximum atomic E-state index is 13.1. The monoisotopic (exact) mass is 486 g/mol. The molecule has 1 amide bonds. The van der Waals surface area contributed by atoms with Crippen LogP contribution in [0, 0.1) is 13.8 Å². The van der Waals surface area contributed by atoms with Crippen molar-refractivity contribution >= 4 is 23.2 Å². The first-order valence-corrected chi connectivity index (χ1v) is 12.3. The van der Waals surface area contributed by atoms with Crippen molar-refractivity contribution in [2.75, 3.05) is 44.8 Å². The molecule has 1 aliphatic heterocycles. The molecule has 1 N–H and O–H groups in total. The molecule has 0 aliphatic carbocycles. The summed E-state index contributed by atoms with van der Waals surface area (Å²) in [5.41, 5.74) is 5.08. The second-order valence-corrected chi connectivity index (χ2v) is 8.81. The Hall–Kier alpha value is -4.00. The zero-order chi connectivity index (χ0) is 25.5. The summed E-state index contributed by atoms with van der Waals surface area (Å²) in [5.74, 6) is 1.83. The minimum Gasteiger partial charge on any atom is -0.497 e. The first-order chi connectivity index (χ1) is 17.5. The van der Waals surface area contributed by atoms with Crippen molar-refractivity contribution in [1.82, 2.24) is 10.2 Å². The maximum Gasteiger partial charge on any atom is 0.257 e. The number of anilines is 1. The van der Waals surface area contributed by atoms with E-state index in [4.69, 9.17) is 14.5 Å². The quantitative estimate of drug-likeness (QED) is 0.395. The van der Waals surface area contributed by atoms with Crippen LogP contribution in [0.3, 0.4) is 0 Å². The minimum absolute atomic E-state index is 0.209. The molecule has 3 aromatic carbocycles. The standard InChI is InChI=1S/C29H34N4O3/c1-5-36-26-14-10-24(11-15-26)30-29(31-28(34)23-8-12-25(35-4)13-9-23)33-18-16-32(17-19-33)27-20-21(2)6-7-22(27)3/h6-15,20H,5,16-19H2,1-4H3,(H,30,31,34). The van der Waals surface area contributed by atoms with Crippen LogP contribution in [0.25, 0.3) is 0 Å². The van der Waals surface area contributed by atoms with Gasteiger partial charge in [-0.3, -0.25) is 10.1 Å². The third-order valence-corrected chi connectivity index (χ3v) is 6.24. The molecular formula is C29H34N4O3. The van der Waals surface area contributed by atoms with Gasteiger partial charge in [-0.2, -0.15) is 0 Å². The number of nitrogens with zero attached hydrogens (tertiary/aromatic N) is 3. The first kappa shape index (κ1) is 25.1. The van der Waals surface area contributed by atoms with Gasteiger partial charge in [0.15, 0.2) is 0 Å². The van der Waals surface area contributed by atoms with E-state index in [1.165, 1.54) is 16.8 Å². The number of methoxy groups -OCH3 is 1. The zero-order valence-corrected chi connectivity index (χ0v) is 21.5. The molecule has 0 aromatic heterocycles. The molecule has 1 saturated heterocycles. The fourth-order valence-electron chi connectivity index (χ4n) is 4.22. The summed E-state index contributed by atoms with van der Waals surface area (Å²) in [7, 11) is 1.61. The van der Waals surface area contributed by atoms with E-state index in [1.54, 1.807) is 31.4 Å². The van der Waals surface area contributed by atoms with Gasteiger partial charge in [0.2, 0.25) is 5.96 Å². The minimum atomic E-state index is -0.209. The average molecular weight is 487 g/mol. The van der Waals surface area contributed by atoms with E-state index in [0.29, 0.717) is 23.9 Å². The second-order valence-electron chi connectivity index (χ2n) is 8.81. The highest BCUT2D eigenvalue weighted by Crippen LogP contribution is 2.24. The van der Waals surface area contributed by atoms with Crippen LogP contribution in [-0.2, 0) is 0 Å². The Morgan fingerprint density at radius 2 is 1.58 bits per heavy atom. The highest BCUT2D eigenvalue weighted by Gasteiger charge is 2.23. The van der Waals surface area contributed by atoms with E-state index in [-0.39, 0.29) is 5.91 Å². The molecule has 1 aliphatic rings. The predicted molar refractivity (Wildman–Crippen MR) is 145 cm³/mol. The fourth-order valence-corrected chi connectivity index (χ4v) is 4.22. The van der Waals surface area contributed by atoms with Gasteiger partial charge >= 0.3 is 0 Å². The number of ether oxygens (including phenoxy) is 2. The molecule has 0 atom stereocenters. The summed E-state index contributed by atoms with van der Waals surface area (Å²) in [6.07, 6.45) is 0. The van der Waals surface area contributed by atoms with E-state index in [1.807, 2.05) is 31.2 Å². The van der Waals surface area contributed by atoms with Gasteiger partial charge in [-0.15, -0.1) is 0 Å². The zero-order valence-electron chi connectivity index (χ0n) is 21.5.